The Kier molecular flexibility index (Phi) is 10.1. The SMILES string of the molecule is CCCCC/C=C/CCC(O)CC(=O)C(=[N+]=[N-])C(=O)O. The summed E-state index contributed by atoms with van der Waals surface area (Å²) in [5.41, 5.74) is 7.44. The highest BCUT2D eigenvalue weighted by molar-refractivity contribution is 6.61. The molecule has 0 aromatic rings. The second-order valence-electron chi connectivity index (χ2n) is 4.58. The van der Waals surface area contributed by atoms with Gasteiger partial charge in [0, 0.05) is 6.42 Å². The molecule has 0 saturated carbocycles. The molecule has 0 aliphatic carbocycles. The molecule has 1 unspecified atom stereocenters. The molecule has 0 heterocycles. The maximum Gasteiger partial charge on any atom is 0.441 e. The minimum atomic E-state index is -1.60. The summed E-state index contributed by atoms with van der Waals surface area (Å²) in [6.07, 6.45) is 8.21. The molecule has 20 heavy (non-hydrogen) atoms. The van der Waals surface area contributed by atoms with Gasteiger partial charge in [-0.2, -0.15) is 4.79 Å². The standard InChI is InChI=1S/C14H22N2O4/c1-2-3-4-5-6-7-8-9-11(17)10-12(18)13(16-15)14(19)20/h6-7,11,17H,2-5,8-10H2,1H3,(H,19,20)/b7-6+. The zero-order valence-electron chi connectivity index (χ0n) is 11.8. The van der Waals surface area contributed by atoms with Crippen LogP contribution in [-0.4, -0.2) is 38.6 Å². The Labute approximate surface area is 118 Å². The van der Waals surface area contributed by atoms with Crippen molar-refractivity contribution in [3.63, 3.8) is 0 Å². The number of carbonyl (C=O) groups excluding carboxylic acids is 1. The van der Waals surface area contributed by atoms with Crippen LogP contribution >= 0.6 is 0 Å². The fraction of sp³-hybridized carbons (Fsp3) is 0.643. The number of rotatable bonds is 11. The average Bonchev–Trinajstić information content (AvgIpc) is 2.37. The summed E-state index contributed by atoms with van der Waals surface area (Å²) < 4.78 is 0. The van der Waals surface area contributed by atoms with Gasteiger partial charge in [0.05, 0.1) is 6.10 Å². The summed E-state index contributed by atoms with van der Waals surface area (Å²) >= 11 is 0. The smallest absolute Gasteiger partial charge is 0.441 e. The van der Waals surface area contributed by atoms with E-state index in [0.717, 1.165) is 12.8 Å². The average molecular weight is 282 g/mol. The Balaban J connectivity index is 3.94. The lowest BCUT2D eigenvalue weighted by Crippen LogP contribution is -2.28. The minimum absolute atomic E-state index is 0.352. The first-order valence-corrected chi connectivity index (χ1v) is 6.84. The largest absolute Gasteiger partial charge is 0.472 e. The Hall–Kier alpha value is -1.78. The van der Waals surface area contributed by atoms with Crippen LogP contribution in [0.15, 0.2) is 12.2 Å². The number of allylic oxidation sites excluding steroid dienone is 2. The molecule has 2 N–H and O–H groups in total. The van der Waals surface area contributed by atoms with E-state index in [4.69, 9.17) is 10.6 Å². The van der Waals surface area contributed by atoms with E-state index in [0.29, 0.717) is 12.8 Å². The minimum Gasteiger partial charge on any atom is -0.472 e. The normalized spacial score (nSPS) is 12.1. The predicted octanol–water partition coefficient (Wildman–Crippen LogP) is 1.98. The molecule has 0 radical (unpaired) electrons. The van der Waals surface area contributed by atoms with Crippen molar-refractivity contribution in [3.05, 3.63) is 17.7 Å². The van der Waals surface area contributed by atoms with E-state index in [1.54, 1.807) is 0 Å². The van der Waals surface area contributed by atoms with E-state index >= 15 is 0 Å². The summed E-state index contributed by atoms with van der Waals surface area (Å²) in [4.78, 5) is 24.3. The summed E-state index contributed by atoms with van der Waals surface area (Å²) in [5, 5.41) is 18.2. The third kappa shape index (κ3) is 8.34. The third-order valence-electron chi connectivity index (χ3n) is 2.80. The van der Waals surface area contributed by atoms with E-state index in [1.165, 1.54) is 12.8 Å². The zero-order chi connectivity index (χ0) is 15.4. The number of unbranched alkanes of at least 4 members (excludes halogenated alkanes) is 3. The lowest BCUT2D eigenvalue weighted by Gasteiger charge is -2.05. The molecule has 0 aliphatic heterocycles. The van der Waals surface area contributed by atoms with Crippen LogP contribution in [0.25, 0.3) is 5.53 Å². The van der Waals surface area contributed by atoms with Crippen molar-refractivity contribution >= 4 is 17.5 Å². The quantitative estimate of drug-likeness (QED) is 0.151. The summed E-state index contributed by atoms with van der Waals surface area (Å²) in [6, 6.07) is 0. The van der Waals surface area contributed by atoms with E-state index in [1.807, 2.05) is 12.2 Å². The molecule has 6 heteroatoms. The zero-order valence-corrected chi connectivity index (χ0v) is 11.8. The van der Waals surface area contributed by atoms with Crippen LogP contribution < -0.4 is 0 Å². The number of hydrogen-bond acceptors (Lipinski definition) is 3. The second-order valence-corrected chi connectivity index (χ2v) is 4.58. The fourth-order valence-corrected chi connectivity index (χ4v) is 1.67. The maximum atomic E-state index is 11.4. The monoisotopic (exact) mass is 282 g/mol. The molecule has 0 fully saturated rings. The number of nitrogens with zero attached hydrogens (tertiary/aromatic N) is 2. The van der Waals surface area contributed by atoms with Crippen molar-refractivity contribution in [2.75, 3.05) is 0 Å². The summed E-state index contributed by atoms with van der Waals surface area (Å²) in [6.45, 7) is 2.14. The first-order valence-electron chi connectivity index (χ1n) is 6.84. The highest BCUT2D eigenvalue weighted by Crippen LogP contribution is 2.06. The topological polar surface area (TPSA) is 111 Å². The molecule has 6 nitrogen and oxygen atoms in total. The van der Waals surface area contributed by atoms with Gasteiger partial charge in [0.1, 0.15) is 0 Å². The van der Waals surface area contributed by atoms with Crippen LogP contribution in [0.3, 0.4) is 0 Å². The van der Waals surface area contributed by atoms with E-state index < -0.39 is 23.6 Å². The number of aliphatic hydroxyl groups excluding tert-OH is 1. The van der Waals surface area contributed by atoms with Crippen LogP contribution in [-0.2, 0) is 9.59 Å². The summed E-state index contributed by atoms with van der Waals surface area (Å²) in [5.74, 6) is -2.47. The Morgan fingerprint density at radius 1 is 1.25 bits per heavy atom. The molecule has 0 aromatic heterocycles. The number of aliphatic hydroxyl groups is 1. The molecule has 0 bridgehead atoms. The number of aliphatic carboxylic acids is 1. The van der Waals surface area contributed by atoms with Crippen molar-refractivity contribution < 1.29 is 24.6 Å². The fourth-order valence-electron chi connectivity index (χ4n) is 1.67. The van der Waals surface area contributed by atoms with Crippen molar-refractivity contribution in [3.8, 4) is 0 Å². The molecular weight excluding hydrogens is 260 g/mol. The molecule has 0 rings (SSSR count). The van der Waals surface area contributed by atoms with E-state index in [9.17, 15) is 14.7 Å². The molecule has 0 amide bonds. The number of carbonyl (C=O) groups is 2. The number of ketones is 1. The highest BCUT2D eigenvalue weighted by atomic mass is 16.4. The molecular formula is C14H22N2O4. The summed E-state index contributed by atoms with van der Waals surface area (Å²) in [7, 11) is 0. The van der Waals surface area contributed by atoms with Gasteiger partial charge in [-0.3, -0.25) is 4.79 Å². The van der Waals surface area contributed by atoms with Crippen LogP contribution in [0.5, 0.6) is 0 Å². The van der Waals surface area contributed by atoms with Crippen molar-refractivity contribution in [2.24, 2.45) is 0 Å². The molecule has 0 aromatic carbocycles. The molecule has 1 atom stereocenters. The van der Waals surface area contributed by atoms with Gasteiger partial charge < -0.3 is 15.7 Å². The molecule has 0 saturated heterocycles. The van der Waals surface area contributed by atoms with Gasteiger partial charge in [0.15, 0.2) is 0 Å². The lowest BCUT2D eigenvalue weighted by molar-refractivity contribution is -0.137. The Bertz CT molecular complexity index is 398. The second kappa shape index (κ2) is 11.1. The Morgan fingerprint density at radius 3 is 2.45 bits per heavy atom. The van der Waals surface area contributed by atoms with Crippen LogP contribution in [0.2, 0.25) is 0 Å². The molecule has 112 valence electrons. The van der Waals surface area contributed by atoms with Crippen LogP contribution in [0.1, 0.15) is 51.9 Å². The van der Waals surface area contributed by atoms with E-state index in [-0.39, 0.29) is 6.42 Å². The van der Waals surface area contributed by atoms with E-state index in [2.05, 4.69) is 11.7 Å². The maximum absolute atomic E-state index is 11.4. The predicted molar refractivity (Wildman–Crippen MR) is 74.4 cm³/mol. The van der Waals surface area contributed by atoms with Gasteiger partial charge >= 0.3 is 11.7 Å². The first kappa shape index (κ1) is 18.2. The van der Waals surface area contributed by atoms with Gasteiger partial charge in [0.2, 0.25) is 0 Å². The molecule has 0 spiro atoms. The van der Waals surface area contributed by atoms with Crippen molar-refractivity contribution in [1.82, 2.24) is 0 Å². The van der Waals surface area contributed by atoms with Crippen molar-refractivity contribution in [1.29, 1.82) is 0 Å². The number of carboxylic acid groups (broad SMARTS) is 1. The first-order chi connectivity index (χ1) is 9.52. The number of hydrogen-bond donors (Lipinski definition) is 2. The van der Waals surface area contributed by atoms with Crippen LogP contribution in [0, 0.1) is 0 Å². The lowest BCUT2D eigenvalue weighted by atomic mass is 10.0. The van der Waals surface area contributed by atoms with Gasteiger partial charge in [-0.25, -0.2) is 4.79 Å². The number of carboxylic acids is 1. The van der Waals surface area contributed by atoms with Gasteiger partial charge in [-0.05, 0) is 25.7 Å². The van der Waals surface area contributed by atoms with Gasteiger partial charge in [-0.1, -0.05) is 31.9 Å². The molecule has 0 aliphatic rings. The van der Waals surface area contributed by atoms with Gasteiger partial charge in [-0.15, -0.1) is 0 Å². The Morgan fingerprint density at radius 2 is 1.90 bits per heavy atom. The number of Topliss-reactive ketones (excluding diaryl/α,β-unsaturated/α-hetero) is 1. The van der Waals surface area contributed by atoms with Crippen molar-refractivity contribution in [2.45, 2.75) is 58.0 Å². The third-order valence-corrected chi connectivity index (χ3v) is 2.80. The van der Waals surface area contributed by atoms with Gasteiger partial charge in [0.25, 0.3) is 5.78 Å². The van der Waals surface area contributed by atoms with Crippen LogP contribution in [0.4, 0.5) is 0 Å². The highest BCUT2D eigenvalue weighted by Gasteiger charge is 2.30.